The van der Waals surface area contributed by atoms with Gasteiger partial charge in [0.2, 0.25) is 5.91 Å². The number of carbonyl (C=O) groups is 1. The highest BCUT2D eigenvalue weighted by atomic mass is 35.5. The molecule has 2 aromatic rings. The summed E-state index contributed by atoms with van der Waals surface area (Å²) >= 11 is 12.0. The van der Waals surface area contributed by atoms with E-state index in [9.17, 15) is 10.1 Å². The summed E-state index contributed by atoms with van der Waals surface area (Å²) < 4.78 is 5.68. The van der Waals surface area contributed by atoms with Crippen molar-refractivity contribution < 1.29 is 9.21 Å². The van der Waals surface area contributed by atoms with E-state index in [0.717, 1.165) is 12.8 Å². The van der Waals surface area contributed by atoms with Gasteiger partial charge in [-0.05, 0) is 43.9 Å². The summed E-state index contributed by atoms with van der Waals surface area (Å²) in [5.41, 5.74) is -0.000911. The van der Waals surface area contributed by atoms with Crippen LogP contribution in [0.5, 0.6) is 0 Å². The van der Waals surface area contributed by atoms with Gasteiger partial charge in [-0.3, -0.25) is 4.79 Å². The van der Waals surface area contributed by atoms with E-state index in [4.69, 9.17) is 27.6 Å². The number of hydrogen-bond donors (Lipinski definition) is 1. The van der Waals surface area contributed by atoms with Crippen LogP contribution in [0.4, 0.5) is 0 Å². The first-order valence-corrected chi connectivity index (χ1v) is 8.89. The molecule has 3 rings (SSSR count). The van der Waals surface area contributed by atoms with Crippen LogP contribution >= 0.6 is 23.2 Å². The van der Waals surface area contributed by atoms with E-state index in [0.29, 0.717) is 46.5 Å². The van der Waals surface area contributed by atoms with E-state index in [1.165, 1.54) is 0 Å². The Bertz CT molecular complexity index is 820. The molecule has 0 unspecified atom stereocenters. The first-order chi connectivity index (χ1) is 12.0. The molecule has 1 fully saturated rings. The van der Waals surface area contributed by atoms with E-state index in [-0.39, 0.29) is 12.3 Å². The van der Waals surface area contributed by atoms with Crippen molar-refractivity contribution in [3.8, 4) is 17.4 Å². The van der Waals surface area contributed by atoms with Crippen LogP contribution in [0.15, 0.2) is 28.8 Å². The summed E-state index contributed by atoms with van der Waals surface area (Å²) in [5.74, 6) is 0.822. The second-order valence-electron chi connectivity index (χ2n) is 6.19. The Labute approximate surface area is 155 Å². The monoisotopic (exact) mass is 377 g/mol. The molecule has 5 nitrogen and oxygen atoms in total. The Balaban J connectivity index is 1.60. The van der Waals surface area contributed by atoms with Crippen LogP contribution in [-0.4, -0.2) is 16.4 Å². The van der Waals surface area contributed by atoms with Gasteiger partial charge in [0.05, 0.1) is 17.3 Å². The number of hydrogen-bond acceptors (Lipinski definition) is 4. The molecule has 1 aliphatic carbocycles. The zero-order chi connectivity index (χ0) is 17.9. The van der Waals surface area contributed by atoms with Crippen LogP contribution in [0, 0.1) is 11.3 Å². The van der Waals surface area contributed by atoms with Crippen LogP contribution in [0.3, 0.4) is 0 Å². The molecule has 1 amide bonds. The summed E-state index contributed by atoms with van der Waals surface area (Å²) in [6, 6.07) is 7.37. The van der Waals surface area contributed by atoms with Gasteiger partial charge < -0.3 is 9.73 Å². The smallest absolute Gasteiger partial charge is 0.221 e. The largest absolute Gasteiger partial charge is 0.441 e. The van der Waals surface area contributed by atoms with Crippen molar-refractivity contribution in [3.63, 3.8) is 0 Å². The van der Waals surface area contributed by atoms with Crippen molar-refractivity contribution in [1.82, 2.24) is 10.3 Å². The summed E-state index contributed by atoms with van der Waals surface area (Å²) in [6.45, 7) is 0. The molecule has 1 N–H and O–H groups in total. The molecule has 1 heterocycles. The Hall–Kier alpha value is -2.03. The van der Waals surface area contributed by atoms with Crippen molar-refractivity contribution >= 4 is 29.1 Å². The molecule has 0 atom stereocenters. The van der Waals surface area contributed by atoms with Gasteiger partial charge in [-0.2, -0.15) is 5.26 Å². The quantitative estimate of drug-likeness (QED) is 0.829. The number of benzene rings is 1. The van der Waals surface area contributed by atoms with Crippen molar-refractivity contribution in [2.24, 2.45) is 0 Å². The zero-order valence-corrected chi connectivity index (χ0v) is 15.0. The lowest BCUT2D eigenvalue weighted by atomic mass is 9.99. The first-order valence-electron chi connectivity index (χ1n) is 8.14. The molecule has 25 heavy (non-hydrogen) atoms. The zero-order valence-electron chi connectivity index (χ0n) is 13.5. The number of carbonyl (C=O) groups excluding carboxylic acids is 1. The number of nitrogens with one attached hydrogen (secondary N) is 1. The fourth-order valence-electron chi connectivity index (χ4n) is 3.03. The first kappa shape index (κ1) is 17.8. The van der Waals surface area contributed by atoms with Crippen LogP contribution in [-0.2, 0) is 11.2 Å². The van der Waals surface area contributed by atoms with E-state index in [1.807, 2.05) is 0 Å². The minimum atomic E-state index is -0.699. The number of halogens is 2. The summed E-state index contributed by atoms with van der Waals surface area (Å²) in [5, 5.41) is 13.2. The number of aryl methyl sites for hydroxylation is 1. The van der Waals surface area contributed by atoms with Crippen LogP contribution < -0.4 is 5.32 Å². The molecule has 1 aromatic heterocycles. The molecule has 1 aliphatic rings. The Kier molecular flexibility index (Phi) is 5.31. The second kappa shape index (κ2) is 7.47. The van der Waals surface area contributed by atoms with Gasteiger partial charge >= 0.3 is 0 Å². The number of nitriles is 1. The molecule has 0 saturated heterocycles. The van der Waals surface area contributed by atoms with Crippen molar-refractivity contribution in [2.45, 2.75) is 44.1 Å². The number of rotatable bonds is 5. The highest BCUT2D eigenvalue weighted by molar-refractivity contribution is 6.36. The van der Waals surface area contributed by atoms with Gasteiger partial charge in [-0.25, -0.2) is 4.98 Å². The van der Waals surface area contributed by atoms with Crippen LogP contribution in [0.1, 0.15) is 38.0 Å². The van der Waals surface area contributed by atoms with Gasteiger partial charge in [0.1, 0.15) is 5.54 Å². The van der Waals surface area contributed by atoms with Gasteiger partial charge in [0.25, 0.3) is 0 Å². The Morgan fingerprint density at radius 3 is 2.80 bits per heavy atom. The van der Waals surface area contributed by atoms with E-state index < -0.39 is 5.54 Å². The number of nitrogens with zero attached hydrogens (tertiary/aromatic N) is 2. The molecule has 0 bridgehead atoms. The third-order valence-electron chi connectivity index (χ3n) is 4.37. The van der Waals surface area contributed by atoms with Gasteiger partial charge in [-0.15, -0.1) is 0 Å². The summed E-state index contributed by atoms with van der Waals surface area (Å²) in [7, 11) is 0. The second-order valence-corrected chi connectivity index (χ2v) is 7.04. The topological polar surface area (TPSA) is 78.9 Å². The minimum absolute atomic E-state index is 0.160. The molecule has 0 radical (unpaired) electrons. The average molecular weight is 378 g/mol. The molecule has 0 spiro atoms. The predicted molar refractivity (Wildman–Crippen MR) is 95.2 cm³/mol. The molecule has 1 saturated carbocycles. The third-order valence-corrected chi connectivity index (χ3v) is 4.91. The highest BCUT2D eigenvalue weighted by Crippen LogP contribution is 2.31. The maximum Gasteiger partial charge on any atom is 0.221 e. The van der Waals surface area contributed by atoms with Crippen LogP contribution in [0.25, 0.3) is 11.3 Å². The molecular formula is C18H17Cl2N3O2. The normalized spacial score (nSPS) is 15.7. The fourth-order valence-corrected chi connectivity index (χ4v) is 3.53. The van der Waals surface area contributed by atoms with E-state index in [2.05, 4.69) is 16.4 Å². The van der Waals surface area contributed by atoms with Crippen molar-refractivity contribution in [1.29, 1.82) is 5.26 Å². The fraction of sp³-hybridized carbons (Fsp3) is 0.389. The third kappa shape index (κ3) is 4.15. The Morgan fingerprint density at radius 1 is 1.36 bits per heavy atom. The average Bonchev–Trinajstić information content (AvgIpc) is 3.23. The summed E-state index contributed by atoms with van der Waals surface area (Å²) in [6.07, 6.45) is 5.53. The summed E-state index contributed by atoms with van der Waals surface area (Å²) in [4.78, 5) is 16.3. The van der Waals surface area contributed by atoms with Crippen LogP contribution in [0.2, 0.25) is 10.0 Å². The molecule has 1 aromatic carbocycles. The predicted octanol–water partition coefficient (Wildman–Crippen LogP) is 4.53. The lowest BCUT2D eigenvalue weighted by Gasteiger charge is -2.21. The number of aromatic nitrogens is 1. The molecule has 7 heteroatoms. The van der Waals surface area contributed by atoms with Gasteiger partial charge in [0, 0.05) is 23.4 Å². The maximum absolute atomic E-state index is 12.1. The van der Waals surface area contributed by atoms with Gasteiger partial charge in [-0.1, -0.05) is 23.2 Å². The number of amides is 1. The number of oxazole rings is 1. The molecule has 130 valence electrons. The van der Waals surface area contributed by atoms with Gasteiger partial charge in [0.15, 0.2) is 11.7 Å². The Morgan fingerprint density at radius 2 is 2.12 bits per heavy atom. The lowest BCUT2D eigenvalue weighted by molar-refractivity contribution is -0.122. The lowest BCUT2D eigenvalue weighted by Crippen LogP contribution is -2.45. The van der Waals surface area contributed by atoms with E-state index in [1.54, 1.807) is 24.4 Å². The molecular weight excluding hydrogens is 361 g/mol. The standard InChI is InChI=1S/C18H17Cl2N3O2/c19-12-3-4-13(14(20)9-12)15-10-22-17(25-15)6-5-16(24)23-18(11-21)7-1-2-8-18/h3-4,9-10H,1-2,5-8H2,(H,23,24). The van der Waals surface area contributed by atoms with Crippen molar-refractivity contribution in [2.75, 3.05) is 0 Å². The highest BCUT2D eigenvalue weighted by Gasteiger charge is 2.35. The SMILES string of the molecule is N#CC1(NC(=O)CCc2ncc(-c3ccc(Cl)cc3Cl)o2)CCCC1. The van der Waals surface area contributed by atoms with E-state index >= 15 is 0 Å². The minimum Gasteiger partial charge on any atom is -0.441 e. The molecule has 0 aliphatic heterocycles. The van der Waals surface area contributed by atoms with Crippen molar-refractivity contribution in [3.05, 3.63) is 40.3 Å². The maximum atomic E-state index is 12.1.